The minimum absolute atomic E-state index is 0.892. The predicted octanol–water partition coefficient (Wildman–Crippen LogP) is 11.4. The molecule has 42 heavy (non-hydrogen) atoms. The Bertz CT molecular complexity index is 2480. The molecule has 9 rings (SSSR count). The van der Waals surface area contributed by atoms with Crippen LogP contribution in [0.3, 0.4) is 0 Å². The molecule has 0 N–H and O–H groups in total. The Morgan fingerprint density at radius 3 is 2.12 bits per heavy atom. The normalized spacial score (nSPS) is 11.8. The van der Waals surface area contributed by atoms with Crippen molar-refractivity contribution in [1.29, 1.82) is 0 Å². The Labute approximate surface area is 250 Å². The quantitative estimate of drug-likeness (QED) is 0.211. The number of aromatic nitrogens is 2. The van der Waals surface area contributed by atoms with Crippen molar-refractivity contribution in [2.75, 3.05) is 0 Å². The molecule has 6 aromatic carbocycles. The fraction of sp³-hybridized carbons (Fsp3) is 0. The van der Waals surface area contributed by atoms with E-state index >= 15 is 0 Å². The largest absolute Gasteiger partial charge is 0.243 e. The van der Waals surface area contributed by atoms with Crippen LogP contribution >= 0.6 is 22.7 Å². The molecule has 0 saturated carbocycles. The minimum Gasteiger partial charge on any atom is -0.243 e. The summed E-state index contributed by atoms with van der Waals surface area (Å²) in [5.74, 6) is 0. The molecular formula is C38H22N2S2. The maximum atomic E-state index is 5.19. The summed E-state index contributed by atoms with van der Waals surface area (Å²) in [4.78, 5) is 11.0. The van der Waals surface area contributed by atoms with Crippen LogP contribution in [0.2, 0.25) is 0 Å². The highest BCUT2D eigenvalue weighted by atomic mass is 32.1. The van der Waals surface area contributed by atoms with E-state index < -0.39 is 0 Å². The van der Waals surface area contributed by atoms with Crippen LogP contribution in [0, 0.1) is 0 Å². The number of fused-ring (bicyclic) bond motifs is 8. The summed E-state index contributed by atoms with van der Waals surface area (Å²) in [7, 11) is 0. The zero-order chi connectivity index (χ0) is 27.6. The number of rotatable bonds is 3. The average molecular weight is 571 g/mol. The highest BCUT2D eigenvalue weighted by molar-refractivity contribution is 7.26. The first-order chi connectivity index (χ1) is 20.8. The summed E-state index contributed by atoms with van der Waals surface area (Å²) in [5, 5.41) is 6.30. The second-order valence-electron chi connectivity index (χ2n) is 10.6. The number of benzene rings is 6. The molecule has 3 heterocycles. The Morgan fingerprint density at radius 2 is 1.21 bits per heavy atom. The van der Waals surface area contributed by atoms with E-state index in [1.54, 1.807) is 11.3 Å². The molecule has 4 heteroatoms. The van der Waals surface area contributed by atoms with Crippen molar-refractivity contribution in [3.8, 4) is 33.5 Å². The molecule has 196 valence electrons. The van der Waals surface area contributed by atoms with Crippen molar-refractivity contribution < 1.29 is 0 Å². The topological polar surface area (TPSA) is 25.8 Å². The van der Waals surface area contributed by atoms with Gasteiger partial charge >= 0.3 is 0 Å². The van der Waals surface area contributed by atoms with E-state index in [0.29, 0.717) is 0 Å². The molecule has 3 aromatic heterocycles. The van der Waals surface area contributed by atoms with Gasteiger partial charge in [0, 0.05) is 35.8 Å². The van der Waals surface area contributed by atoms with Gasteiger partial charge in [0.25, 0.3) is 0 Å². The molecule has 0 bridgehead atoms. The van der Waals surface area contributed by atoms with Crippen molar-refractivity contribution in [2.24, 2.45) is 0 Å². The SMILES string of the molecule is c1cc(-c2cccc(-c3cccc4c3sc3ccccc34)c2)cc(-c2cnc3sc4ccc5ccccc5c4c3n2)c1. The van der Waals surface area contributed by atoms with E-state index in [0.717, 1.165) is 21.6 Å². The van der Waals surface area contributed by atoms with Crippen LogP contribution in [0.4, 0.5) is 0 Å². The van der Waals surface area contributed by atoms with Gasteiger partial charge in [0.15, 0.2) is 0 Å². The fourth-order valence-electron chi connectivity index (χ4n) is 6.14. The zero-order valence-electron chi connectivity index (χ0n) is 22.4. The summed E-state index contributed by atoms with van der Waals surface area (Å²) in [6, 6.07) is 45.8. The van der Waals surface area contributed by atoms with Gasteiger partial charge in [0.05, 0.1) is 11.9 Å². The third-order valence-electron chi connectivity index (χ3n) is 8.14. The van der Waals surface area contributed by atoms with Gasteiger partial charge in [-0.15, -0.1) is 22.7 Å². The molecule has 0 unspecified atom stereocenters. The summed E-state index contributed by atoms with van der Waals surface area (Å²) >= 11 is 3.58. The summed E-state index contributed by atoms with van der Waals surface area (Å²) in [5.41, 5.74) is 7.80. The van der Waals surface area contributed by atoms with Crippen molar-refractivity contribution >= 4 is 74.1 Å². The Kier molecular flexibility index (Phi) is 5.27. The van der Waals surface area contributed by atoms with Crippen LogP contribution in [0.1, 0.15) is 0 Å². The van der Waals surface area contributed by atoms with Crippen molar-refractivity contribution in [2.45, 2.75) is 0 Å². The third-order valence-corrected chi connectivity index (χ3v) is 10.4. The van der Waals surface area contributed by atoms with Gasteiger partial charge in [-0.25, -0.2) is 9.97 Å². The molecule has 0 aliphatic carbocycles. The lowest BCUT2D eigenvalue weighted by atomic mass is 9.96. The van der Waals surface area contributed by atoms with Gasteiger partial charge in [-0.3, -0.25) is 0 Å². The number of hydrogen-bond donors (Lipinski definition) is 0. The maximum Gasteiger partial charge on any atom is 0.143 e. The predicted molar refractivity (Wildman–Crippen MR) is 182 cm³/mol. The molecule has 9 aromatic rings. The first-order valence-corrected chi connectivity index (χ1v) is 15.6. The lowest BCUT2D eigenvalue weighted by Gasteiger charge is -2.09. The second kappa shape index (κ2) is 9.31. The van der Waals surface area contributed by atoms with E-state index in [-0.39, 0.29) is 0 Å². The Morgan fingerprint density at radius 1 is 0.500 bits per heavy atom. The minimum atomic E-state index is 0.892. The number of thiophene rings is 2. The molecule has 0 spiro atoms. The van der Waals surface area contributed by atoms with Gasteiger partial charge in [-0.05, 0) is 57.3 Å². The van der Waals surface area contributed by atoms with E-state index in [2.05, 4.69) is 127 Å². The van der Waals surface area contributed by atoms with Crippen LogP contribution in [0.15, 0.2) is 134 Å². The average Bonchev–Trinajstić information content (AvgIpc) is 3.63. The fourth-order valence-corrected chi connectivity index (χ4v) is 8.38. The molecule has 0 atom stereocenters. The lowest BCUT2D eigenvalue weighted by Crippen LogP contribution is -1.88. The molecule has 0 aliphatic heterocycles. The van der Waals surface area contributed by atoms with Gasteiger partial charge in [-0.2, -0.15) is 0 Å². The number of hydrogen-bond acceptors (Lipinski definition) is 4. The molecule has 0 aliphatic rings. The Hall–Kier alpha value is -4.90. The molecule has 0 amide bonds. The zero-order valence-corrected chi connectivity index (χ0v) is 24.0. The van der Waals surface area contributed by atoms with Crippen molar-refractivity contribution in [3.05, 3.63) is 134 Å². The molecule has 0 fully saturated rings. The number of nitrogens with zero attached hydrogens (tertiary/aromatic N) is 2. The standard InChI is InChI=1S/C38H22N2S2/c1-2-13-28-23(8-1)18-19-34-35(28)36-38(42-34)39-22-32(40-36)27-12-6-10-25(21-27)24-9-5-11-26(20-24)29-15-7-16-31-30-14-3-4-17-33(30)41-37(29)31/h1-22H. The summed E-state index contributed by atoms with van der Waals surface area (Å²) in [6.45, 7) is 0. The van der Waals surface area contributed by atoms with Crippen molar-refractivity contribution in [3.63, 3.8) is 0 Å². The first kappa shape index (κ1) is 23.8. The third kappa shape index (κ3) is 3.69. The van der Waals surface area contributed by atoms with Gasteiger partial charge in [0.2, 0.25) is 0 Å². The maximum absolute atomic E-state index is 5.19. The van der Waals surface area contributed by atoms with E-state index in [4.69, 9.17) is 9.97 Å². The van der Waals surface area contributed by atoms with Crippen LogP contribution in [0.5, 0.6) is 0 Å². The molecule has 0 radical (unpaired) electrons. The van der Waals surface area contributed by atoms with Gasteiger partial charge in [-0.1, -0.05) is 103 Å². The van der Waals surface area contributed by atoms with Crippen LogP contribution < -0.4 is 0 Å². The van der Waals surface area contributed by atoms with Crippen LogP contribution in [0.25, 0.3) is 84.9 Å². The summed E-state index contributed by atoms with van der Waals surface area (Å²) in [6.07, 6.45) is 1.91. The van der Waals surface area contributed by atoms with Gasteiger partial charge < -0.3 is 0 Å². The lowest BCUT2D eigenvalue weighted by molar-refractivity contribution is 1.32. The summed E-state index contributed by atoms with van der Waals surface area (Å²) < 4.78 is 3.89. The van der Waals surface area contributed by atoms with Crippen LogP contribution in [-0.2, 0) is 0 Å². The highest BCUT2D eigenvalue weighted by Gasteiger charge is 2.14. The molecule has 2 nitrogen and oxygen atoms in total. The van der Waals surface area contributed by atoms with Gasteiger partial charge in [0.1, 0.15) is 10.3 Å². The second-order valence-corrected chi connectivity index (χ2v) is 12.7. The van der Waals surface area contributed by atoms with E-state index in [1.807, 2.05) is 17.5 Å². The monoisotopic (exact) mass is 570 g/mol. The Balaban J connectivity index is 1.15. The molecular weight excluding hydrogens is 549 g/mol. The van der Waals surface area contributed by atoms with Crippen molar-refractivity contribution in [1.82, 2.24) is 9.97 Å². The highest BCUT2D eigenvalue weighted by Crippen LogP contribution is 2.41. The molecule has 0 saturated heterocycles. The smallest absolute Gasteiger partial charge is 0.143 e. The first-order valence-electron chi connectivity index (χ1n) is 14.0. The van der Waals surface area contributed by atoms with E-state index in [9.17, 15) is 0 Å². The van der Waals surface area contributed by atoms with E-state index in [1.165, 1.54) is 63.3 Å². The van der Waals surface area contributed by atoms with Crippen LogP contribution in [-0.4, -0.2) is 9.97 Å².